The van der Waals surface area contributed by atoms with Gasteiger partial charge in [0.1, 0.15) is 5.82 Å². The Morgan fingerprint density at radius 2 is 2.27 bits per heavy atom. The fourth-order valence-corrected chi connectivity index (χ4v) is 1.19. The smallest absolute Gasteiger partial charge is 0.124 e. The van der Waals surface area contributed by atoms with Gasteiger partial charge in [0, 0.05) is 11.1 Å². The molecule has 0 saturated heterocycles. The monoisotopic (exact) mass is 147 g/mol. The van der Waals surface area contributed by atoms with Crippen molar-refractivity contribution in [2.45, 2.75) is 6.92 Å². The summed E-state index contributed by atoms with van der Waals surface area (Å²) in [6.45, 7) is 2.01. The molecule has 0 spiro atoms. The molecule has 3 heteroatoms. The number of aryl methyl sites for hydroxylation is 1. The minimum absolute atomic E-state index is 0.566. The number of hydrogen-bond acceptors (Lipinski definition) is 2. The van der Waals surface area contributed by atoms with Gasteiger partial charge in [-0.2, -0.15) is 0 Å². The van der Waals surface area contributed by atoms with Gasteiger partial charge in [0.05, 0.1) is 11.7 Å². The summed E-state index contributed by atoms with van der Waals surface area (Å²) in [7, 11) is 0. The first-order valence-electron chi connectivity index (χ1n) is 3.46. The number of fused-ring (bicyclic) bond motifs is 1. The van der Waals surface area contributed by atoms with Gasteiger partial charge in [-0.3, -0.25) is 0 Å². The van der Waals surface area contributed by atoms with Crippen molar-refractivity contribution in [1.29, 1.82) is 0 Å². The average Bonchev–Trinajstić information content (AvgIpc) is 2.27. The topological polar surface area (TPSA) is 54.7 Å². The zero-order chi connectivity index (χ0) is 7.84. The third-order valence-electron chi connectivity index (χ3n) is 1.66. The maximum Gasteiger partial charge on any atom is 0.124 e. The summed E-state index contributed by atoms with van der Waals surface area (Å²) in [4.78, 5) is 7.13. The van der Waals surface area contributed by atoms with Crippen molar-refractivity contribution in [3.63, 3.8) is 0 Å². The molecule has 2 aromatic rings. The zero-order valence-corrected chi connectivity index (χ0v) is 6.26. The first kappa shape index (κ1) is 6.22. The molecule has 0 bridgehead atoms. The Morgan fingerprint density at radius 1 is 1.45 bits per heavy atom. The van der Waals surface area contributed by atoms with E-state index in [9.17, 15) is 0 Å². The second-order valence-electron chi connectivity index (χ2n) is 2.65. The van der Waals surface area contributed by atoms with Gasteiger partial charge in [0.25, 0.3) is 0 Å². The van der Waals surface area contributed by atoms with Gasteiger partial charge in [-0.05, 0) is 19.1 Å². The number of nitrogens with one attached hydrogen (secondary N) is 1. The normalized spacial score (nSPS) is 10.6. The Kier molecular flexibility index (Phi) is 1.12. The van der Waals surface area contributed by atoms with E-state index in [-0.39, 0.29) is 0 Å². The van der Waals surface area contributed by atoms with Crippen LogP contribution >= 0.6 is 0 Å². The number of aromatic nitrogens is 2. The lowest BCUT2D eigenvalue weighted by atomic mass is 10.3. The molecule has 0 radical (unpaired) electrons. The molecule has 2 heterocycles. The molecule has 2 aromatic heterocycles. The molecule has 0 amide bonds. The Balaban J connectivity index is 2.82. The number of nitrogens with zero attached hydrogens (tertiary/aromatic N) is 1. The molecular weight excluding hydrogens is 138 g/mol. The highest BCUT2D eigenvalue weighted by Crippen LogP contribution is 2.15. The molecule has 11 heavy (non-hydrogen) atoms. The Morgan fingerprint density at radius 3 is 3.09 bits per heavy atom. The number of aromatic amines is 1. The van der Waals surface area contributed by atoms with E-state index in [1.54, 1.807) is 6.20 Å². The highest BCUT2D eigenvalue weighted by atomic mass is 14.8. The molecule has 0 fully saturated rings. The predicted octanol–water partition coefficient (Wildman–Crippen LogP) is 1.45. The molecular formula is C8H9N3. The van der Waals surface area contributed by atoms with Gasteiger partial charge >= 0.3 is 0 Å². The molecule has 0 aromatic carbocycles. The minimum Gasteiger partial charge on any atom is -0.384 e. The van der Waals surface area contributed by atoms with Crippen LogP contribution in [0.4, 0.5) is 5.82 Å². The van der Waals surface area contributed by atoms with Crippen molar-refractivity contribution in [2.24, 2.45) is 0 Å². The number of H-pyrrole nitrogens is 1. The van der Waals surface area contributed by atoms with Crippen LogP contribution in [0.2, 0.25) is 0 Å². The summed E-state index contributed by atoms with van der Waals surface area (Å²) < 4.78 is 0. The van der Waals surface area contributed by atoms with E-state index in [4.69, 9.17) is 5.73 Å². The molecule has 0 aliphatic rings. The highest BCUT2D eigenvalue weighted by Gasteiger charge is 1.96. The summed E-state index contributed by atoms with van der Waals surface area (Å²) in [5.41, 5.74) is 7.68. The molecule has 3 nitrogen and oxygen atoms in total. The number of nitrogens with two attached hydrogens (primary N) is 1. The Bertz CT molecular complexity index is 389. The average molecular weight is 147 g/mol. The summed E-state index contributed by atoms with van der Waals surface area (Å²) in [6.07, 6.45) is 1.75. The highest BCUT2D eigenvalue weighted by molar-refractivity contribution is 5.81. The summed E-state index contributed by atoms with van der Waals surface area (Å²) in [5.74, 6) is 0.566. The maximum atomic E-state index is 5.51. The zero-order valence-electron chi connectivity index (χ0n) is 6.26. The fraction of sp³-hybridized carbons (Fsp3) is 0.125. The van der Waals surface area contributed by atoms with E-state index in [1.807, 2.05) is 19.1 Å². The van der Waals surface area contributed by atoms with E-state index < -0.39 is 0 Å². The quantitative estimate of drug-likeness (QED) is 0.592. The SMILES string of the molecule is Cc1cc2cc(N)ncc2[nH]1. The van der Waals surface area contributed by atoms with Crippen LogP contribution in [0, 0.1) is 6.92 Å². The van der Waals surface area contributed by atoms with E-state index in [0.717, 1.165) is 16.6 Å². The molecule has 0 atom stereocenters. The molecule has 0 saturated carbocycles. The van der Waals surface area contributed by atoms with Crippen LogP contribution in [0.1, 0.15) is 5.69 Å². The first-order valence-corrected chi connectivity index (χ1v) is 3.46. The van der Waals surface area contributed by atoms with Crippen molar-refractivity contribution in [3.8, 4) is 0 Å². The number of anilines is 1. The molecule has 2 rings (SSSR count). The van der Waals surface area contributed by atoms with Crippen molar-refractivity contribution in [1.82, 2.24) is 9.97 Å². The number of rotatable bonds is 0. The molecule has 0 aliphatic heterocycles. The lowest BCUT2D eigenvalue weighted by Gasteiger charge is -1.89. The minimum atomic E-state index is 0.566. The number of hydrogen-bond donors (Lipinski definition) is 2. The maximum absolute atomic E-state index is 5.51. The fourth-order valence-electron chi connectivity index (χ4n) is 1.19. The van der Waals surface area contributed by atoms with Crippen LogP contribution in [-0.2, 0) is 0 Å². The van der Waals surface area contributed by atoms with Crippen LogP contribution in [0.15, 0.2) is 18.3 Å². The van der Waals surface area contributed by atoms with E-state index in [0.29, 0.717) is 5.82 Å². The summed E-state index contributed by atoms with van der Waals surface area (Å²) >= 11 is 0. The van der Waals surface area contributed by atoms with Crippen molar-refractivity contribution < 1.29 is 0 Å². The van der Waals surface area contributed by atoms with Crippen LogP contribution in [0.3, 0.4) is 0 Å². The summed E-state index contributed by atoms with van der Waals surface area (Å²) in [6, 6.07) is 3.91. The largest absolute Gasteiger partial charge is 0.384 e. The Hall–Kier alpha value is -1.51. The van der Waals surface area contributed by atoms with Crippen molar-refractivity contribution >= 4 is 16.7 Å². The number of nitrogen functional groups attached to an aromatic ring is 1. The van der Waals surface area contributed by atoms with Crippen molar-refractivity contribution in [2.75, 3.05) is 5.73 Å². The molecule has 56 valence electrons. The van der Waals surface area contributed by atoms with E-state index in [2.05, 4.69) is 9.97 Å². The van der Waals surface area contributed by atoms with Gasteiger partial charge in [0.15, 0.2) is 0 Å². The molecule has 3 N–H and O–H groups in total. The third kappa shape index (κ3) is 0.941. The van der Waals surface area contributed by atoms with Crippen LogP contribution in [-0.4, -0.2) is 9.97 Å². The lowest BCUT2D eigenvalue weighted by Crippen LogP contribution is -1.87. The lowest BCUT2D eigenvalue weighted by molar-refractivity contribution is 1.28. The first-order chi connectivity index (χ1) is 5.25. The third-order valence-corrected chi connectivity index (χ3v) is 1.66. The van der Waals surface area contributed by atoms with Gasteiger partial charge in [0.2, 0.25) is 0 Å². The van der Waals surface area contributed by atoms with Crippen LogP contribution < -0.4 is 5.73 Å². The van der Waals surface area contributed by atoms with Gasteiger partial charge in [-0.25, -0.2) is 4.98 Å². The second kappa shape index (κ2) is 1.99. The Labute approximate surface area is 64.2 Å². The van der Waals surface area contributed by atoms with Gasteiger partial charge in [-0.1, -0.05) is 0 Å². The van der Waals surface area contributed by atoms with Crippen LogP contribution in [0.25, 0.3) is 10.9 Å². The van der Waals surface area contributed by atoms with Crippen LogP contribution in [0.5, 0.6) is 0 Å². The molecule has 0 aliphatic carbocycles. The van der Waals surface area contributed by atoms with Gasteiger partial charge < -0.3 is 10.7 Å². The summed E-state index contributed by atoms with van der Waals surface area (Å²) in [5, 5.41) is 1.12. The second-order valence-corrected chi connectivity index (χ2v) is 2.65. The number of pyridine rings is 1. The van der Waals surface area contributed by atoms with Gasteiger partial charge in [-0.15, -0.1) is 0 Å². The van der Waals surface area contributed by atoms with E-state index >= 15 is 0 Å². The van der Waals surface area contributed by atoms with E-state index in [1.165, 1.54) is 0 Å². The van der Waals surface area contributed by atoms with Crippen molar-refractivity contribution in [3.05, 3.63) is 24.0 Å². The molecule has 0 unspecified atom stereocenters. The standard InChI is InChI=1S/C8H9N3/c1-5-2-6-3-8(9)10-4-7(6)11-5/h2-4,11H,1H3,(H2,9,10). The predicted molar refractivity (Wildman–Crippen MR) is 45.2 cm³/mol.